The van der Waals surface area contributed by atoms with Crippen LogP contribution in [0.25, 0.3) is 0 Å². The number of hydrogen-bond donors (Lipinski definition) is 1. The van der Waals surface area contributed by atoms with Crippen molar-refractivity contribution >= 4 is 11.8 Å². The van der Waals surface area contributed by atoms with Crippen molar-refractivity contribution in [3.05, 3.63) is 35.2 Å². The van der Waals surface area contributed by atoms with E-state index < -0.39 is 0 Å². The molecule has 1 aliphatic rings. The highest BCUT2D eigenvalue weighted by atomic mass is 32.2. The van der Waals surface area contributed by atoms with Gasteiger partial charge in [0.15, 0.2) is 5.16 Å². The zero-order valence-electron chi connectivity index (χ0n) is 11.8. The van der Waals surface area contributed by atoms with Crippen LogP contribution in [0.1, 0.15) is 36.2 Å². The number of nitrogens with two attached hydrogens (primary N) is 1. The van der Waals surface area contributed by atoms with E-state index in [0.29, 0.717) is 6.54 Å². The van der Waals surface area contributed by atoms with Gasteiger partial charge in [0.1, 0.15) is 5.82 Å². The Bertz CT molecular complexity index is 606. The van der Waals surface area contributed by atoms with Crippen LogP contribution in [0.5, 0.6) is 0 Å². The van der Waals surface area contributed by atoms with Crippen molar-refractivity contribution in [2.24, 2.45) is 5.73 Å². The summed E-state index contributed by atoms with van der Waals surface area (Å²) < 4.78 is 2.29. The van der Waals surface area contributed by atoms with Crippen LogP contribution in [0.4, 0.5) is 0 Å². The fourth-order valence-corrected chi connectivity index (χ4v) is 3.53. The fraction of sp³-hybridized carbons (Fsp3) is 0.467. The molecule has 0 spiro atoms. The Morgan fingerprint density at radius 3 is 2.95 bits per heavy atom. The molecule has 2 N–H and O–H groups in total. The number of benzene rings is 1. The first-order valence-corrected chi connectivity index (χ1v) is 7.99. The van der Waals surface area contributed by atoms with Crippen molar-refractivity contribution in [1.82, 2.24) is 14.8 Å². The monoisotopic (exact) mass is 288 g/mol. The zero-order chi connectivity index (χ0) is 13.9. The summed E-state index contributed by atoms with van der Waals surface area (Å²) in [5.74, 6) is 1.14. The van der Waals surface area contributed by atoms with Crippen LogP contribution in [0.3, 0.4) is 0 Å². The molecule has 2 aromatic rings. The first-order valence-electron chi connectivity index (χ1n) is 7.17. The van der Waals surface area contributed by atoms with Crippen molar-refractivity contribution in [3.63, 3.8) is 0 Å². The van der Waals surface area contributed by atoms with Crippen LogP contribution < -0.4 is 5.73 Å². The summed E-state index contributed by atoms with van der Waals surface area (Å²) in [6, 6.07) is 6.39. The third-order valence-corrected chi connectivity index (χ3v) is 4.91. The lowest BCUT2D eigenvalue weighted by Gasteiger charge is -2.09. The van der Waals surface area contributed by atoms with E-state index in [0.717, 1.165) is 23.9 Å². The van der Waals surface area contributed by atoms with Crippen molar-refractivity contribution in [1.29, 1.82) is 0 Å². The molecule has 4 nitrogen and oxygen atoms in total. The fourth-order valence-electron chi connectivity index (χ4n) is 2.59. The van der Waals surface area contributed by atoms with Crippen molar-refractivity contribution in [3.8, 4) is 0 Å². The molecule has 1 aromatic carbocycles. The molecule has 0 fully saturated rings. The maximum atomic E-state index is 5.68. The third kappa shape index (κ3) is 2.74. The Morgan fingerprint density at radius 1 is 1.25 bits per heavy atom. The van der Waals surface area contributed by atoms with Crippen molar-refractivity contribution < 1.29 is 0 Å². The van der Waals surface area contributed by atoms with Crippen LogP contribution in [0.2, 0.25) is 0 Å². The molecule has 0 amide bonds. The van der Waals surface area contributed by atoms with Gasteiger partial charge in [-0.15, -0.1) is 10.2 Å². The van der Waals surface area contributed by atoms with Crippen LogP contribution >= 0.6 is 11.8 Å². The molecule has 20 heavy (non-hydrogen) atoms. The molecule has 1 aliphatic heterocycles. The van der Waals surface area contributed by atoms with Crippen molar-refractivity contribution in [2.45, 2.75) is 55.7 Å². The van der Waals surface area contributed by atoms with E-state index >= 15 is 0 Å². The summed E-state index contributed by atoms with van der Waals surface area (Å²) in [5, 5.41) is 9.74. The van der Waals surface area contributed by atoms with Gasteiger partial charge in [-0.1, -0.05) is 18.6 Å². The normalized spacial score (nSPS) is 14.9. The third-order valence-electron chi connectivity index (χ3n) is 3.75. The van der Waals surface area contributed by atoms with E-state index in [1.807, 2.05) is 0 Å². The molecular formula is C15H20N4S. The van der Waals surface area contributed by atoms with Gasteiger partial charge in [0.2, 0.25) is 0 Å². The highest BCUT2D eigenvalue weighted by Crippen LogP contribution is 2.31. The second-order valence-electron chi connectivity index (χ2n) is 5.27. The number of hydrogen-bond acceptors (Lipinski definition) is 4. The molecule has 0 aliphatic carbocycles. The molecule has 1 aromatic heterocycles. The van der Waals surface area contributed by atoms with Gasteiger partial charge >= 0.3 is 0 Å². The predicted molar refractivity (Wildman–Crippen MR) is 80.8 cm³/mol. The van der Waals surface area contributed by atoms with E-state index in [1.54, 1.807) is 11.8 Å². The average molecular weight is 288 g/mol. The van der Waals surface area contributed by atoms with E-state index in [1.165, 1.54) is 35.3 Å². The average Bonchev–Trinajstić information content (AvgIpc) is 2.69. The van der Waals surface area contributed by atoms with Gasteiger partial charge < -0.3 is 10.3 Å². The molecule has 2 heterocycles. The summed E-state index contributed by atoms with van der Waals surface area (Å²) >= 11 is 1.71. The van der Waals surface area contributed by atoms with Gasteiger partial charge in [-0.2, -0.15) is 0 Å². The molecule has 0 saturated carbocycles. The summed E-state index contributed by atoms with van der Waals surface area (Å²) in [6.45, 7) is 3.76. The number of fused-ring (bicyclic) bond motifs is 1. The lowest BCUT2D eigenvalue weighted by molar-refractivity contribution is 0.591. The molecule has 106 valence electrons. The first kappa shape index (κ1) is 13.6. The highest BCUT2D eigenvalue weighted by molar-refractivity contribution is 7.99. The van der Waals surface area contributed by atoms with Crippen molar-refractivity contribution in [2.75, 3.05) is 0 Å². The minimum Gasteiger partial charge on any atom is -0.326 e. The second kappa shape index (κ2) is 5.97. The summed E-state index contributed by atoms with van der Waals surface area (Å²) in [7, 11) is 0. The molecule has 0 atom stereocenters. The standard InChI is InChI=1S/C15H20N4S/c1-11-9-12(10-16)6-7-13(11)20-15-18-17-14-5-3-2-4-8-19(14)15/h6-7,9H,2-5,8,10,16H2,1H3. The molecule has 0 radical (unpaired) electrons. The molecule has 0 unspecified atom stereocenters. The minimum atomic E-state index is 0.589. The van der Waals surface area contributed by atoms with Crippen LogP contribution in [-0.4, -0.2) is 14.8 Å². The van der Waals surface area contributed by atoms with Gasteiger partial charge in [-0.25, -0.2) is 0 Å². The number of rotatable bonds is 3. The summed E-state index contributed by atoms with van der Waals surface area (Å²) in [6.07, 6.45) is 4.80. The van der Waals surface area contributed by atoms with Crippen LogP contribution in [-0.2, 0) is 19.5 Å². The first-order chi connectivity index (χ1) is 9.78. The Kier molecular flexibility index (Phi) is 4.08. The van der Waals surface area contributed by atoms with Gasteiger partial charge in [0.05, 0.1) is 0 Å². The summed E-state index contributed by atoms with van der Waals surface area (Å²) in [4.78, 5) is 1.24. The van der Waals surface area contributed by atoms with E-state index in [2.05, 4.69) is 39.9 Å². The van der Waals surface area contributed by atoms with Crippen LogP contribution in [0, 0.1) is 6.92 Å². The Hall–Kier alpha value is -1.33. The van der Waals surface area contributed by atoms with E-state index in [9.17, 15) is 0 Å². The van der Waals surface area contributed by atoms with E-state index in [-0.39, 0.29) is 0 Å². The maximum Gasteiger partial charge on any atom is 0.196 e. The lowest BCUT2D eigenvalue weighted by atomic mass is 10.1. The molecule has 0 bridgehead atoms. The quantitative estimate of drug-likeness (QED) is 0.943. The molecular weight excluding hydrogens is 268 g/mol. The van der Waals surface area contributed by atoms with E-state index in [4.69, 9.17) is 5.73 Å². The predicted octanol–water partition coefficient (Wildman–Crippen LogP) is 2.92. The smallest absolute Gasteiger partial charge is 0.196 e. The SMILES string of the molecule is Cc1cc(CN)ccc1Sc1nnc2n1CCCCC2. The van der Waals surface area contributed by atoms with Gasteiger partial charge in [-0.05, 0) is 48.7 Å². The number of aryl methyl sites for hydroxylation is 2. The Balaban J connectivity index is 1.86. The molecule has 5 heteroatoms. The largest absolute Gasteiger partial charge is 0.326 e. The number of nitrogens with zero attached hydrogens (tertiary/aromatic N) is 3. The topological polar surface area (TPSA) is 56.7 Å². The molecule has 0 saturated heterocycles. The summed E-state index contributed by atoms with van der Waals surface area (Å²) in [5.41, 5.74) is 8.11. The lowest BCUT2D eigenvalue weighted by Crippen LogP contribution is -2.02. The van der Waals surface area contributed by atoms with Gasteiger partial charge in [-0.3, -0.25) is 0 Å². The van der Waals surface area contributed by atoms with Gasteiger partial charge in [0.25, 0.3) is 0 Å². The minimum absolute atomic E-state index is 0.589. The number of aromatic nitrogens is 3. The Labute approximate surface area is 123 Å². The Morgan fingerprint density at radius 2 is 2.15 bits per heavy atom. The second-order valence-corrected chi connectivity index (χ2v) is 6.28. The zero-order valence-corrected chi connectivity index (χ0v) is 12.6. The maximum absolute atomic E-state index is 5.68. The van der Waals surface area contributed by atoms with Crippen LogP contribution in [0.15, 0.2) is 28.3 Å². The highest BCUT2D eigenvalue weighted by Gasteiger charge is 2.16. The van der Waals surface area contributed by atoms with Gasteiger partial charge in [0, 0.05) is 24.4 Å². The molecule has 3 rings (SSSR count).